The largest absolute Gasteiger partial charge is 0.321 e. The van der Waals surface area contributed by atoms with E-state index in [-0.39, 0.29) is 15.5 Å². The van der Waals surface area contributed by atoms with Gasteiger partial charge in [0.15, 0.2) is 0 Å². The molecule has 3 aromatic rings. The summed E-state index contributed by atoms with van der Waals surface area (Å²) >= 11 is 10.3. The van der Waals surface area contributed by atoms with Crippen LogP contribution in [0.3, 0.4) is 0 Å². The number of amides is 1. The molecule has 2 N–H and O–H groups in total. The molecule has 0 saturated carbocycles. The van der Waals surface area contributed by atoms with Crippen LogP contribution in [0.4, 0.5) is 11.4 Å². The molecule has 0 bridgehead atoms. The van der Waals surface area contributed by atoms with Gasteiger partial charge in [-0.2, -0.15) is 0 Å². The van der Waals surface area contributed by atoms with E-state index in [2.05, 4.69) is 26.0 Å². The number of hydrogen-bond acceptors (Lipinski definition) is 4. The number of rotatable bonds is 5. The number of nitrogens with one attached hydrogen (secondary N) is 2. The lowest BCUT2D eigenvalue weighted by molar-refractivity contribution is 0.103. The Bertz CT molecular complexity index is 1050. The number of hydrogen-bond donors (Lipinski definition) is 2. The average molecular weight is 472 g/mol. The molecule has 0 aliphatic carbocycles. The number of benzene rings is 2. The van der Waals surface area contributed by atoms with E-state index in [1.807, 2.05) is 0 Å². The van der Waals surface area contributed by atoms with E-state index in [1.54, 1.807) is 47.8 Å². The van der Waals surface area contributed by atoms with Crippen LogP contribution in [0, 0.1) is 0 Å². The summed E-state index contributed by atoms with van der Waals surface area (Å²) in [7, 11) is -3.80. The molecule has 1 aromatic heterocycles. The first kappa shape index (κ1) is 18.9. The molecular weight excluding hydrogens is 460 g/mol. The molecular formula is C17H12BrClN2O3S2. The smallest absolute Gasteiger partial charge is 0.267 e. The van der Waals surface area contributed by atoms with Crippen LogP contribution in [0.5, 0.6) is 0 Å². The topological polar surface area (TPSA) is 75.3 Å². The molecule has 134 valence electrons. The van der Waals surface area contributed by atoms with Gasteiger partial charge in [-0.25, -0.2) is 8.42 Å². The summed E-state index contributed by atoms with van der Waals surface area (Å²) in [5.41, 5.74) is 0.745. The summed E-state index contributed by atoms with van der Waals surface area (Å²) < 4.78 is 28.3. The van der Waals surface area contributed by atoms with Gasteiger partial charge in [0.1, 0.15) is 4.88 Å². The van der Waals surface area contributed by atoms with Crippen molar-refractivity contribution in [2.45, 2.75) is 4.90 Å². The van der Waals surface area contributed by atoms with Crippen molar-refractivity contribution >= 4 is 66.2 Å². The lowest BCUT2D eigenvalue weighted by Crippen LogP contribution is -2.17. The SMILES string of the molecule is O=C(Nc1cccc(Cl)c1)c1sccc1NS(=O)(=O)c1ccc(Br)cc1. The first-order valence-corrected chi connectivity index (χ1v) is 10.8. The predicted molar refractivity (Wildman–Crippen MR) is 109 cm³/mol. The second-order valence-corrected chi connectivity index (χ2v) is 9.14. The first-order valence-electron chi connectivity index (χ1n) is 7.28. The van der Waals surface area contributed by atoms with Crippen LogP contribution in [0.15, 0.2) is 69.3 Å². The second kappa shape index (κ2) is 7.79. The minimum absolute atomic E-state index is 0.105. The van der Waals surface area contributed by atoms with Crippen molar-refractivity contribution in [2.24, 2.45) is 0 Å². The number of halogens is 2. The maximum atomic E-state index is 12.5. The van der Waals surface area contributed by atoms with Crippen LogP contribution in [-0.4, -0.2) is 14.3 Å². The first-order chi connectivity index (χ1) is 12.3. The van der Waals surface area contributed by atoms with Gasteiger partial charge in [-0.05, 0) is 53.9 Å². The van der Waals surface area contributed by atoms with Crippen molar-refractivity contribution < 1.29 is 13.2 Å². The normalized spacial score (nSPS) is 11.2. The maximum Gasteiger partial charge on any atom is 0.267 e. The molecule has 0 saturated heterocycles. The zero-order valence-corrected chi connectivity index (χ0v) is 17.0. The van der Waals surface area contributed by atoms with Crippen molar-refractivity contribution in [3.63, 3.8) is 0 Å². The molecule has 9 heteroatoms. The highest BCUT2D eigenvalue weighted by Crippen LogP contribution is 2.27. The van der Waals surface area contributed by atoms with Crippen molar-refractivity contribution in [1.29, 1.82) is 0 Å². The van der Waals surface area contributed by atoms with Crippen molar-refractivity contribution in [3.8, 4) is 0 Å². The summed E-state index contributed by atoms with van der Waals surface area (Å²) in [5.74, 6) is -0.421. The highest BCUT2D eigenvalue weighted by molar-refractivity contribution is 9.10. The number of sulfonamides is 1. The highest BCUT2D eigenvalue weighted by Gasteiger charge is 2.20. The minimum Gasteiger partial charge on any atom is -0.321 e. The predicted octanol–water partition coefficient (Wildman–Crippen LogP) is 5.22. The Hall–Kier alpha value is -1.87. The van der Waals surface area contributed by atoms with E-state index < -0.39 is 15.9 Å². The molecule has 2 aromatic carbocycles. The fraction of sp³-hybridized carbons (Fsp3) is 0. The van der Waals surface area contributed by atoms with Gasteiger partial charge in [0.2, 0.25) is 0 Å². The van der Waals surface area contributed by atoms with Crippen molar-refractivity contribution in [1.82, 2.24) is 0 Å². The minimum atomic E-state index is -3.80. The lowest BCUT2D eigenvalue weighted by Gasteiger charge is -2.10. The number of carbonyl (C=O) groups is 1. The quantitative estimate of drug-likeness (QED) is 0.536. The van der Waals surface area contributed by atoms with Gasteiger partial charge < -0.3 is 5.32 Å². The van der Waals surface area contributed by atoms with Gasteiger partial charge in [-0.15, -0.1) is 11.3 Å². The third-order valence-corrected chi connectivity index (χ3v) is 6.38. The average Bonchev–Trinajstić information content (AvgIpc) is 3.03. The van der Waals surface area contributed by atoms with Gasteiger partial charge in [-0.1, -0.05) is 33.6 Å². The van der Waals surface area contributed by atoms with E-state index in [9.17, 15) is 13.2 Å². The van der Waals surface area contributed by atoms with E-state index in [1.165, 1.54) is 12.1 Å². The third-order valence-electron chi connectivity index (χ3n) is 3.32. The Balaban J connectivity index is 1.82. The summed E-state index contributed by atoms with van der Waals surface area (Å²) in [5, 5.41) is 4.84. The molecule has 3 rings (SSSR count). The molecule has 0 aliphatic heterocycles. The van der Waals surface area contributed by atoms with Gasteiger partial charge in [-0.3, -0.25) is 9.52 Å². The van der Waals surface area contributed by atoms with Crippen LogP contribution >= 0.6 is 38.9 Å². The zero-order valence-electron chi connectivity index (χ0n) is 13.1. The summed E-state index contributed by atoms with van der Waals surface area (Å²) in [6.45, 7) is 0. The van der Waals surface area contributed by atoms with Gasteiger partial charge in [0.25, 0.3) is 15.9 Å². The zero-order chi connectivity index (χ0) is 18.7. The molecule has 0 aliphatic rings. The highest BCUT2D eigenvalue weighted by atomic mass is 79.9. The number of carbonyl (C=O) groups excluding carboxylic acids is 1. The molecule has 1 heterocycles. The van der Waals surface area contributed by atoms with Crippen molar-refractivity contribution in [3.05, 3.63) is 74.3 Å². The number of thiophene rings is 1. The van der Waals surface area contributed by atoms with Crippen LogP contribution in [0.25, 0.3) is 0 Å². The third kappa shape index (κ3) is 4.45. The molecule has 26 heavy (non-hydrogen) atoms. The van der Waals surface area contributed by atoms with Gasteiger partial charge >= 0.3 is 0 Å². The van der Waals surface area contributed by atoms with E-state index in [0.29, 0.717) is 10.7 Å². The summed E-state index contributed by atoms with van der Waals surface area (Å²) in [6, 6.07) is 14.5. The van der Waals surface area contributed by atoms with Crippen LogP contribution in [-0.2, 0) is 10.0 Å². The molecule has 0 radical (unpaired) electrons. The van der Waals surface area contributed by atoms with Gasteiger partial charge in [0, 0.05) is 15.2 Å². The Morgan fingerprint density at radius 2 is 1.81 bits per heavy atom. The van der Waals surface area contributed by atoms with E-state index in [4.69, 9.17) is 11.6 Å². The Morgan fingerprint density at radius 1 is 1.08 bits per heavy atom. The second-order valence-electron chi connectivity index (χ2n) is 5.19. The van der Waals surface area contributed by atoms with Crippen LogP contribution < -0.4 is 10.0 Å². The lowest BCUT2D eigenvalue weighted by atomic mass is 10.3. The molecule has 5 nitrogen and oxygen atoms in total. The fourth-order valence-electron chi connectivity index (χ4n) is 2.14. The Morgan fingerprint density at radius 3 is 2.50 bits per heavy atom. The monoisotopic (exact) mass is 470 g/mol. The maximum absolute atomic E-state index is 12.5. The summed E-state index contributed by atoms with van der Waals surface area (Å²) in [4.78, 5) is 12.8. The van der Waals surface area contributed by atoms with E-state index >= 15 is 0 Å². The molecule has 0 fully saturated rings. The fourth-order valence-corrected chi connectivity index (χ4v) is 4.47. The van der Waals surface area contributed by atoms with E-state index in [0.717, 1.165) is 15.8 Å². The van der Waals surface area contributed by atoms with Crippen molar-refractivity contribution in [2.75, 3.05) is 10.0 Å². The van der Waals surface area contributed by atoms with Crippen LogP contribution in [0.1, 0.15) is 9.67 Å². The Kier molecular flexibility index (Phi) is 5.67. The van der Waals surface area contributed by atoms with Gasteiger partial charge in [0.05, 0.1) is 10.6 Å². The number of anilines is 2. The molecule has 0 unspecified atom stereocenters. The summed E-state index contributed by atoms with van der Waals surface area (Å²) in [6.07, 6.45) is 0. The molecule has 0 spiro atoms. The molecule has 0 atom stereocenters. The Labute approximate surface area is 168 Å². The standard InChI is InChI=1S/C17H12BrClN2O3S2/c18-11-4-6-14(7-5-11)26(23,24)21-15-8-9-25-16(15)17(22)20-13-3-1-2-12(19)10-13/h1-10,21H,(H,20,22). The van der Waals surface area contributed by atoms with Crippen LogP contribution in [0.2, 0.25) is 5.02 Å². The molecule has 1 amide bonds.